The molecule has 0 saturated carbocycles. The Bertz CT molecular complexity index is 967. The summed E-state index contributed by atoms with van der Waals surface area (Å²) in [6.07, 6.45) is 14.6. The molecule has 3 heteroatoms. The van der Waals surface area contributed by atoms with Gasteiger partial charge in [-0.3, -0.25) is 9.98 Å². The minimum absolute atomic E-state index is 0.967. The number of nitrogens with zero attached hydrogens (tertiary/aromatic N) is 3. The van der Waals surface area contributed by atoms with Gasteiger partial charge in [0.25, 0.3) is 0 Å². The summed E-state index contributed by atoms with van der Waals surface area (Å²) in [5.74, 6) is 0. The minimum atomic E-state index is 0.967. The summed E-state index contributed by atoms with van der Waals surface area (Å²) in [5.41, 5.74) is 5.54. The molecule has 0 aliphatic heterocycles. The second-order valence-electron chi connectivity index (χ2n) is 8.31. The number of allylic oxidation sites excluding steroid dienone is 7. The van der Waals surface area contributed by atoms with E-state index in [9.17, 15) is 0 Å². The first-order valence-electron chi connectivity index (χ1n) is 12.7. The van der Waals surface area contributed by atoms with Gasteiger partial charge in [0.2, 0.25) is 0 Å². The van der Waals surface area contributed by atoms with Crippen molar-refractivity contribution in [3.63, 3.8) is 0 Å². The highest BCUT2D eigenvalue weighted by molar-refractivity contribution is 5.97. The van der Waals surface area contributed by atoms with Crippen LogP contribution in [0.3, 0.4) is 0 Å². The van der Waals surface area contributed by atoms with Gasteiger partial charge in [0, 0.05) is 29.7 Å². The molecule has 1 aromatic heterocycles. The number of aliphatic imine (C=N–C) groups is 1. The van der Waals surface area contributed by atoms with Gasteiger partial charge in [0.05, 0.1) is 0 Å². The Morgan fingerprint density at radius 2 is 1.56 bits per heavy atom. The van der Waals surface area contributed by atoms with Crippen LogP contribution in [0.15, 0.2) is 102 Å². The minimum Gasteiger partial charge on any atom is -0.312 e. The van der Waals surface area contributed by atoms with E-state index in [1.165, 1.54) is 16.3 Å². The third-order valence-electron chi connectivity index (χ3n) is 4.30. The third kappa shape index (κ3) is 21.5. The number of rotatable bonds is 5. The molecule has 0 atom stereocenters. The topological polar surface area (TPSA) is 28.5 Å². The number of fused-ring (bicyclic) bond motifs is 1. The maximum atomic E-state index is 4.34. The molecule has 0 saturated heterocycles. The van der Waals surface area contributed by atoms with E-state index in [4.69, 9.17) is 0 Å². The standard InChI is InChI=1S/C14H21N.C10H9N.C4H8.C3H9N.C2H6/c1-7-9-14(8-2)12(5)10-15-13(6)11(3)4;1-8-2-3-10-7-11-5-4-9(10)6-8;1-3-4-2;1-4(2)3;1-2/h8-10H,2-3,7H2,1,4-6H3;2-7H,1H3;3-4H,1-2H3;1-3H3;1-2H3/b12-10+,14-9+,15-13?;;4-3-;;. The molecule has 36 heavy (non-hydrogen) atoms. The maximum absolute atomic E-state index is 4.34. The van der Waals surface area contributed by atoms with Gasteiger partial charge in [-0.05, 0) is 97.3 Å². The maximum Gasteiger partial charge on any atom is 0.0395 e. The number of hydrogen-bond donors (Lipinski definition) is 0. The van der Waals surface area contributed by atoms with Crippen LogP contribution in [0.2, 0.25) is 0 Å². The summed E-state index contributed by atoms with van der Waals surface area (Å²) in [6, 6.07) is 8.39. The van der Waals surface area contributed by atoms with Crippen molar-refractivity contribution < 1.29 is 0 Å². The van der Waals surface area contributed by atoms with Gasteiger partial charge in [0.1, 0.15) is 0 Å². The molecule has 0 unspecified atom stereocenters. The molecule has 0 radical (unpaired) electrons. The summed E-state index contributed by atoms with van der Waals surface area (Å²) < 4.78 is 0. The number of pyridine rings is 1. The van der Waals surface area contributed by atoms with Gasteiger partial charge in [0.15, 0.2) is 0 Å². The lowest BCUT2D eigenvalue weighted by Crippen LogP contribution is -1.99. The molecule has 0 N–H and O–H groups in total. The van der Waals surface area contributed by atoms with E-state index >= 15 is 0 Å². The fourth-order valence-corrected chi connectivity index (χ4v) is 2.21. The van der Waals surface area contributed by atoms with Crippen molar-refractivity contribution in [2.24, 2.45) is 4.99 Å². The first-order chi connectivity index (χ1) is 17.0. The molecule has 2 aromatic rings. The van der Waals surface area contributed by atoms with Crippen molar-refractivity contribution in [1.82, 2.24) is 9.88 Å². The van der Waals surface area contributed by atoms with Gasteiger partial charge < -0.3 is 4.90 Å². The Balaban J connectivity index is -0.000000450. The highest BCUT2D eigenvalue weighted by Crippen LogP contribution is 2.13. The molecule has 1 aromatic carbocycles. The van der Waals surface area contributed by atoms with E-state index in [0.717, 1.165) is 28.9 Å². The zero-order valence-electron chi connectivity index (χ0n) is 25.3. The fraction of sp³-hybridized carbons (Fsp3) is 0.394. The molecular weight excluding hydrogens is 438 g/mol. The van der Waals surface area contributed by atoms with Crippen LogP contribution in [0.1, 0.15) is 67.4 Å². The highest BCUT2D eigenvalue weighted by atomic mass is 15.0. The Morgan fingerprint density at radius 3 is 2.00 bits per heavy atom. The van der Waals surface area contributed by atoms with Crippen molar-refractivity contribution in [2.75, 3.05) is 21.1 Å². The summed E-state index contributed by atoms with van der Waals surface area (Å²) in [5, 5.41) is 2.47. The van der Waals surface area contributed by atoms with E-state index in [1.54, 1.807) is 0 Å². The van der Waals surface area contributed by atoms with Crippen LogP contribution >= 0.6 is 0 Å². The number of benzene rings is 1. The summed E-state index contributed by atoms with van der Waals surface area (Å²) in [7, 11) is 6.00. The van der Waals surface area contributed by atoms with Gasteiger partial charge in [-0.15, -0.1) is 0 Å². The Labute approximate surface area is 223 Å². The lowest BCUT2D eigenvalue weighted by atomic mass is 10.1. The monoisotopic (exact) mass is 491 g/mol. The second kappa shape index (κ2) is 25.1. The summed E-state index contributed by atoms with van der Waals surface area (Å²) in [6.45, 7) is 25.8. The summed E-state index contributed by atoms with van der Waals surface area (Å²) >= 11 is 0. The smallest absolute Gasteiger partial charge is 0.0395 e. The molecule has 1 heterocycles. The van der Waals surface area contributed by atoms with E-state index in [2.05, 4.69) is 61.3 Å². The Morgan fingerprint density at radius 1 is 1.00 bits per heavy atom. The Kier molecular flexibility index (Phi) is 26.1. The SMILES string of the molecule is C/C=C\C.C=CC(=C\CC)/C(C)=C/N=C(C)C(=C)C.CC.CN(C)C.Cc1ccc2cnccc2c1. The largest absolute Gasteiger partial charge is 0.312 e. The van der Waals surface area contributed by atoms with Crippen LogP contribution in [-0.2, 0) is 0 Å². The van der Waals surface area contributed by atoms with Gasteiger partial charge in [-0.25, -0.2) is 0 Å². The van der Waals surface area contributed by atoms with Crippen molar-refractivity contribution in [1.29, 1.82) is 0 Å². The molecule has 0 bridgehead atoms. The van der Waals surface area contributed by atoms with Crippen LogP contribution in [-0.4, -0.2) is 36.7 Å². The van der Waals surface area contributed by atoms with Gasteiger partial charge in [-0.2, -0.15) is 0 Å². The van der Waals surface area contributed by atoms with E-state index in [-0.39, 0.29) is 0 Å². The molecule has 0 fully saturated rings. The molecule has 200 valence electrons. The predicted molar refractivity (Wildman–Crippen MR) is 168 cm³/mol. The first kappa shape index (κ1) is 37.5. The third-order valence-corrected chi connectivity index (χ3v) is 4.30. The van der Waals surface area contributed by atoms with E-state index in [0.29, 0.717) is 0 Å². The summed E-state index contributed by atoms with van der Waals surface area (Å²) in [4.78, 5) is 10.4. The molecule has 0 spiro atoms. The van der Waals surface area contributed by atoms with Crippen LogP contribution < -0.4 is 0 Å². The fourth-order valence-electron chi connectivity index (χ4n) is 2.21. The Hall–Kier alpha value is -3.04. The molecule has 0 amide bonds. The zero-order valence-corrected chi connectivity index (χ0v) is 25.3. The lowest BCUT2D eigenvalue weighted by molar-refractivity contribution is 0.505. The first-order valence-corrected chi connectivity index (χ1v) is 12.7. The quantitative estimate of drug-likeness (QED) is 0.236. The van der Waals surface area contributed by atoms with Crippen LogP contribution in [0.25, 0.3) is 10.8 Å². The highest BCUT2D eigenvalue weighted by Gasteiger charge is 1.94. The van der Waals surface area contributed by atoms with Crippen LogP contribution in [0, 0.1) is 6.92 Å². The zero-order chi connectivity index (χ0) is 28.5. The van der Waals surface area contributed by atoms with E-state index < -0.39 is 0 Å². The number of hydrogen-bond acceptors (Lipinski definition) is 3. The molecule has 0 aliphatic rings. The average Bonchev–Trinajstić information content (AvgIpc) is 2.86. The van der Waals surface area contributed by atoms with Crippen LogP contribution in [0.5, 0.6) is 0 Å². The number of aromatic nitrogens is 1. The van der Waals surface area contributed by atoms with Crippen molar-refractivity contribution in [3.8, 4) is 0 Å². The van der Waals surface area contributed by atoms with Gasteiger partial charge in [-0.1, -0.05) is 82.0 Å². The van der Waals surface area contributed by atoms with Gasteiger partial charge >= 0.3 is 0 Å². The van der Waals surface area contributed by atoms with Crippen molar-refractivity contribution in [2.45, 2.75) is 68.7 Å². The predicted octanol–water partition coefficient (Wildman–Crippen LogP) is 9.78. The number of aryl methyl sites for hydroxylation is 1. The average molecular weight is 492 g/mol. The molecule has 2 rings (SSSR count). The van der Waals surface area contributed by atoms with Crippen LogP contribution in [0.4, 0.5) is 0 Å². The molecule has 0 aliphatic carbocycles. The van der Waals surface area contributed by atoms with Crippen molar-refractivity contribution >= 4 is 16.5 Å². The lowest BCUT2D eigenvalue weighted by Gasteiger charge is -2.01. The van der Waals surface area contributed by atoms with Crippen molar-refractivity contribution in [3.05, 3.63) is 103 Å². The second-order valence-corrected chi connectivity index (χ2v) is 8.31. The normalized spacial score (nSPS) is 11.2. The molecular formula is C33H53N3. The molecule has 3 nitrogen and oxygen atoms in total. The van der Waals surface area contributed by atoms with E-state index in [1.807, 2.05) is 117 Å².